The Morgan fingerprint density at radius 3 is 2.70 bits per heavy atom. The summed E-state index contributed by atoms with van der Waals surface area (Å²) in [6, 6.07) is 16.7. The molecular weight excluding hydrogens is 381 g/mol. The van der Waals surface area contributed by atoms with Crippen molar-refractivity contribution < 1.29 is 13.9 Å². The number of fused-ring (bicyclic) bond motifs is 1. The Morgan fingerprint density at radius 1 is 1.20 bits per heavy atom. The Hall–Kier alpha value is -3.72. The van der Waals surface area contributed by atoms with E-state index in [1.807, 2.05) is 19.1 Å². The van der Waals surface area contributed by atoms with E-state index in [9.17, 15) is 9.18 Å². The smallest absolute Gasteiger partial charge is 0.254 e. The highest BCUT2D eigenvalue weighted by molar-refractivity contribution is 5.94. The zero-order chi connectivity index (χ0) is 21.1. The zero-order valence-corrected chi connectivity index (χ0v) is 16.5. The number of carbonyl (C=O) groups excluding carboxylic acids is 1. The summed E-state index contributed by atoms with van der Waals surface area (Å²) < 4.78 is 19.6. The largest absolute Gasteiger partial charge is 0.475 e. The second kappa shape index (κ2) is 8.34. The maximum absolute atomic E-state index is 13.8. The molecule has 4 rings (SSSR count). The molecule has 0 N–H and O–H groups in total. The number of aryl methyl sites for hydroxylation is 1. The van der Waals surface area contributed by atoms with Crippen LogP contribution in [0.5, 0.6) is 5.88 Å². The highest BCUT2D eigenvalue weighted by Gasteiger charge is 2.31. The van der Waals surface area contributed by atoms with Gasteiger partial charge in [0.05, 0.1) is 17.7 Å². The topological polar surface area (TPSA) is 66.2 Å². The molecule has 3 aromatic rings. The first-order chi connectivity index (χ1) is 14.5. The molecule has 5 nitrogen and oxygen atoms in total. The summed E-state index contributed by atoms with van der Waals surface area (Å²) in [6.07, 6.45) is 2.29. The highest BCUT2D eigenvalue weighted by Crippen LogP contribution is 2.26. The highest BCUT2D eigenvalue weighted by atomic mass is 19.1. The van der Waals surface area contributed by atoms with Crippen LogP contribution in [0.3, 0.4) is 0 Å². The maximum Gasteiger partial charge on any atom is 0.254 e. The molecule has 2 heterocycles. The second-order valence-corrected chi connectivity index (χ2v) is 7.38. The number of hydrogen-bond acceptors (Lipinski definition) is 4. The molecule has 0 saturated heterocycles. The van der Waals surface area contributed by atoms with Crippen molar-refractivity contribution >= 4 is 5.91 Å². The van der Waals surface area contributed by atoms with Crippen LogP contribution in [0.2, 0.25) is 0 Å². The van der Waals surface area contributed by atoms with E-state index in [1.165, 1.54) is 12.1 Å². The van der Waals surface area contributed by atoms with Gasteiger partial charge in [0.15, 0.2) is 0 Å². The molecule has 1 amide bonds. The monoisotopic (exact) mass is 401 g/mol. The first kappa shape index (κ1) is 19.6. The van der Waals surface area contributed by atoms with Crippen molar-refractivity contribution in [3.05, 3.63) is 94.4 Å². The number of amides is 1. The van der Waals surface area contributed by atoms with Crippen molar-refractivity contribution in [2.75, 3.05) is 6.61 Å². The average molecular weight is 401 g/mol. The summed E-state index contributed by atoms with van der Waals surface area (Å²) in [6.45, 7) is 2.52. The fourth-order valence-corrected chi connectivity index (χ4v) is 3.58. The van der Waals surface area contributed by atoms with E-state index in [-0.39, 0.29) is 24.4 Å². The summed E-state index contributed by atoms with van der Waals surface area (Å²) in [4.78, 5) is 19.2. The Labute approximate surface area is 174 Å². The zero-order valence-electron chi connectivity index (χ0n) is 16.5. The summed E-state index contributed by atoms with van der Waals surface area (Å²) in [5.41, 5.74) is 3.80. The minimum Gasteiger partial charge on any atom is -0.475 e. The van der Waals surface area contributed by atoms with Crippen molar-refractivity contribution in [1.29, 1.82) is 5.26 Å². The lowest BCUT2D eigenvalue weighted by Gasteiger charge is -2.36. The SMILES string of the molecule is Cc1ccc(OC[C@@H]2Cc3ccc(F)cc3CN2C(=O)c2ccc(C#N)cc2)nc1. The van der Waals surface area contributed by atoms with E-state index >= 15 is 0 Å². The molecule has 0 bridgehead atoms. The van der Waals surface area contributed by atoms with Crippen LogP contribution in [-0.2, 0) is 13.0 Å². The van der Waals surface area contributed by atoms with Gasteiger partial charge in [-0.3, -0.25) is 4.79 Å². The van der Waals surface area contributed by atoms with Crippen LogP contribution >= 0.6 is 0 Å². The van der Waals surface area contributed by atoms with Gasteiger partial charge in [-0.25, -0.2) is 9.37 Å². The van der Waals surface area contributed by atoms with Gasteiger partial charge in [-0.15, -0.1) is 0 Å². The first-order valence-corrected chi connectivity index (χ1v) is 9.67. The van der Waals surface area contributed by atoms with Crippen LogP contribution in [0, 0.1) is 24.1 Å². The molecule has 0 saturated carbocycles. The molecular formula is C24H20FN3O2. The molecule has 0 spiro atoms. The predicted octanol–water partition coefficient (Wildman–Crippen LogP) is 4.05. The Bertz CT molecular complexity index is 1100. The molecule has 0 aliphatic carbocycles. The molecule has 150 valence electrons. The number of hydrogen-bond donors (Lipinski definition) is 0. The number of ether oxygens (including phenoxy) is 1. The third kappa shape index (κ3) is 4.15. The molecule has 1 aromatic heterocycles. The number of carbonyl (C=O) groups is 1. The third-order valence-corrected chi connectivity index (χ3v) is 5.23. The van der Waals surface area contributed by atoms with Gasteiger partial charge in [0.25, 0.3) is 5.91 Å². The first-order valence-electron chi connectivity index (χ1n) is 9.67. The Morgan fingerprint density at radius 2 is 2.00 bits per heavy atom. The van der Waals surface area contributed by atoms with Crippen LogP contribution in [0.4, 0.5) is 4.39 Å². The Balaban J connectivity index is 1.60. The van der Waals surface area contributed by atoms with Crippen LogP contribution in [0.25, 0.3) is 0 Å². The van der Waals surface area contributed by atoms with Crippen LogP contribution in [0.15, 0.2) is 60.8 Å². The van der Waals surface area contributed by atoms with Crippen molar-refractivity contribution in [3.8, 4) is 11.9 Å². The molecule has 1 aliphatic heterocycles. The van der Waals surface area contributed by atoms with Gasteiger partial charge < -0.3 is 9.64 Å². The molecule has 0 radical (unpaired) electrons. The number of benzene rings is 2. The van der Waals surface area contributed by atoms with Gasteiger partial charge in [0, 0.05) is 24.4 Å². The second-order valence-electron chi connectivity index (χ2n) is 7.38. The maximum atomic E-state index is 13.8. The molecule has 2 aromatic carbocycles. The number of rotatable bonds is 4. The number of aromatic nitrogens is 1. The van der Waals surface area contributed by atoms with Crippen LogP contribution < -0.4 is 4.74 Å². The van der Waals surface area contributed by atoms with Gasteiger partial charge in [-0.2, -0.15) is 5.26 Å². The van der Waals surface area contributed by atoms with Gasteiger partial charge >= 0.3 is 0 Å². The quantitative estimate of drug-likeness (QED) is 0.662. The lowest BCUT2D eigenvalue weighted by molar-refractivity contribution is 0.0562. The van der Waals surface area contributed by atoms with E-state index in [0.717, 1.165) is 16.7 Å². The average Bonchev–Trinajstić information content (AvgIpc) is 2.77. The lowest BCUT2D eigenvalue weighted by Crippen LogP contribution is -2.47. The van der Waals surface area contributed by atoms with Crippen molar-refractivity contribution in [2.45, 2.75) is 25.9 Å². The number of nitriles is 1. The van der Waals surface area contributed by atoms with Crippen molar-refractivity contribution in [3.63, 3.8) is 0 Å². The standard InChI is InChI=1S/C24H20FN3O2/c1-16-2-9-23(27-13-16)30-15-22-11-19-7-8-21(25)10-20(19)14-28(22)24(29)18-5-3-17(12-26)4-6-18/h2-10,13,22H,11,14-15H2,1H3/t22-/m0/s1. The fraction of sp³-hybridized carbons (Fsp3) is 0.208. The number of nitrogens with zero attached hydrogens (tertiary/aromatic N) is 3. The van der Waals surface area contributed by atoms with Crippen LogP contribution in [0.1, 0.15) is 32.6 Å². The Kier molecular flexibility index (Phi) is 5.44. The lowest BCUT2D eigenvalue weighted by atomic mass is 9.93. The van der Waals surface area contributed by atoms with Gasteiger partial charge in [0.1, 0.15) is 12.4 Å². The molecule has 0 unspecified atom stereocenters. The molecule has 1 aliphatic rings. The summed E-state index contributed by atoms with van der Waals surface area (Å²) in [7, 11) is 0. The summed E-state index contributed by atoms with van der Waals surface area (Å²) >= 11 is 0. The minimum absolute atomic E-state index is 0.181. The molecule has 6 heteroatoms. The predicted molar refractivity (Wildman–Crippen MR) is 109 cm³/mol. The van der Waals surface area contributed by atoms with E-state index in [2.05, 4.69) is 4.98 Å². The number of halogens is 1. The fourth-order valence-electron chi connectivity index (χ4n) is 3.58. The van der Waals surface area contributed by atoms with Crippen molar-refractivity contribution in [2.24, 2.45) is 0 Å². The third-order valence-electron chi connectivity index (χ3n) is 5.23. The van der Waals surface area contributed by atoms with Crippen molar-refractivity contribution in [1.82, 2.24) is 9.88 Å². The van der Waals surface area contributed by atoms with Gasteiger partial charge in [0.2, 0.25) is 5.88 Å². The summed E-state index contributed by atoms with van der Waals surface area (Å²) in [5.74, 6) is -0.00535. The van der Waals surface area contributed by atoms with E-state index in [4.69, 9.17) is 10.00 Å². The van der Waals surface area contributed by atoms with Crippen LogP contribution in [-0.4, -0.2) is 28.4 Å². The molecule has 0 fully saturated rings. The molecule has 30 heavy (non-hydrogen) atoms. The normalized spacial score (nSPS) is 15.2. The van der Waals surface area contributed by atoms with Gasteiger partial charge in [-0.1, -0.05) is 12.1 Å². The van der Waals surface area contributed by atoms with E-state index < -0.39 is 0 Å². The summed E-state index contributed by atoms with van der Waals surface area (Å²) in [5, 5.41) is 8.99. The van der Waals surface area contributed by atoms with E-state index in [0.29, 0.717) is 30.0 Å². The number of pyridine rings is 1. The van der Waals surface area contributed by atoms with E-state index in [1.54, 1.807) is 47.5 Å². The molecule has 1 atom stereocenters. The van der Waals surface area contributed by atoms with Gasteiger partial charge in [-0.05, 0) is 66.4 Å². The minimum atomic E-state index is -0.321.